The highest BCUT2D eigenvalue weighted by Crippen LogP contribution is 2.26. The lowest BCUT2D eigenvalue weighted by Gasteiger charge is -2.11. The molecule has 0 bridgehead atoms. The van der Waals surface area contributed by atoms with Crippen molar-refractivity contribution < 1.29 is 9.47 Å². The number of methoxy groups -OCH3 is 1. The first-order chi connectivity index (χ1) is 9.24. The van der Waals surface area contributed by atoms with Crippen molar-refractivity contribution in [2.24, 2.45) is 5.73 Å². The fraction of sp³-hybridized carbons (Fsp3) is 0.214. The van der Waals surface area contributed by atoms with Crippen LogP contribution in [-0.2, 0) is 13.2 Å². The van der Waals surface area contributed by atoms with Gasteiger partial charge in [-0.15, -0.1) is 0 Å². The largest absolute Gasteiger partial charge is 0.487 e. The van der Waals surface area contributed by atoms with E-state index in [4.69, 9.17) is 26.8 Å². The molecule has 2 aromatic rings. The SMILES string of the molecule is COc1cccc(COc2cccc(Cl)c2CN)n1. The van der Waals surface area contributed by atoms with Gasteiger partial charge in [0.05, 0.1) is 12.8 Å². The van der Waals surface area contributed by atoms with E-state index < -0.39 is 0 Å². The normalized spacial score (nSPS) is 10.3. The Balaban J connectivity index is 2.12. The third kappa shape index (κ3) is 3.36. The summed E-state index contributed by atoms with van der Waals surface area (Å²) in [6.45, 7) is 0.672. The topological polar surface area (TPSA) is 57.4 Å². The highest BCUT2D eigenvalue weighted by Gasteiger charge is 2.07. The fourth-order valence-corrected chi connectivity index (χ4v) is 1.92. The highest BCUT2D eigenvalue weighted by molar-refractivity contribution is 6.31. The predicted molar refractivity (Wildman–Crippen MR) is 74.5 cm³/mol. The number of nitrogens with zero attached hydrogens (tertiary/aromatic N) is 1. The lowest BCUT2D eigenvalue weighted by Crippen LogP contribution is -2.04. The first-order valence-electron chi connectivity index (χ1n) is 5.84. The van der Waals surface area contributed by atoms with Crippen LogP contribution >= 0.6 is 11.6 Å². The number of rotatable bonds is 5. The standard InChI is InChI=1S/C14H15ClN2O2/c1-18-14-7-2-4-10(17-14)9-19-13-6-3-5-12(15)11(13)8-16/h2-7H,8-9,16H2,1H3. The molecule has 19 heavy (non-hydrogen) atoms. The van der Waals surface area contributed by atoms with Gasteiger partial charge in [-0.2, -0.15) is 0 Å². The molecule has 1 heterocycles. The summed E-state index contributed by atoms with van der Waals surface area (Å²) >= 11 is 6.06. The lowest BCUT2D eigenvalue weighted by atomic mass is 10.2. The van der Waals surface area contributed by atoms with Gasteiger partial charge in [0.2, 0.25) is 5.88 Å². The maximum absolute atomic E-state index is 6.06. The summed E-state index contributed by atoms with van der Waals surface area (Å²) in [5.74, 6) is 1.24. The van der Waals surface area contributed by atoms with Crippen LogP contribution in [0.1, 0.15) is 11.3 Å². The minimum absolute atomic E-state index is 0.334. The predicted octanol–water partition coefficient (Wildman–Crippen LogP) is 2.78. The molecule has 2 N–H and O–H groups in total. The van der Waals surface area contributed by atoms with Gasteiger partial charge in [-0.1, -0.05) is 23.7 Å². The third-order valence-electron chi connectivity index (χ3n) is 2.65. The molecule has 1 aromatic carbocycles. The van der Waals surface area contributed by atoms with E-state index in [0.29, 0.717) is 29.8 Å². The number of nitrogens with two attached hydrogens (primary N) is 1. The summed E-state index contributed by atoms with van der Waals surface area (Å²) < 4.78 is 10.8. The van der Waals surface area contributed by atoms with Crippen molar-refractivity contribution in [1.82, 2.24) is 4.98 Å². The van der Waals surface area contributed by atoms with E-state index in [1.54, 1.807) is 19.2 Å². The molecule has 0 saturated heterocycles. The third-order valence-corrected chi connectivity index (χ3v) is 3.00. The Labute approximate surface area is 117 Å². The zero-order chi connectivity index (χ0) is 13.7. The number of aromatic nitrogens is 1. The zero-order valence-corrected chi connectivity index (χ0v) is 11.4. The van der Waals surface area contributed by atoms with E-state index in [9.17, 15) is 0 Å². The van der Waals surface area contributed by atoms with E-state index in [1.807, 2.05) is 24.3 Å². The molecule has 0 radical (unpaired) electrons. The average Bonchev–Trinajstić information content (AvgIpc) is 2.45. The van der Waals surface area contributed by atoms with Gasteiger partial charge in [0, 0.05) is 23.2 Å². The van der Waals surface area contributed by atoms with Gasteiger partial charge in [-0.05, 0) is 18.2 Å². The summed E-state index contributed by atoms with van der Waals surface area (Å²) in [7, 11) is 1.58. The van der Waals surface area contributed by atoms with Crippen LogP contribution in [0.5, 0.6) is 11.6 Å². The molecule has 0 spiro atoms. The zero-order valence-electron chi connectivity index (χ0n) is 10.6. The average molecular weight is 279 g/mol. The van der Waals surface area contributed by atoms with Crippen molar-refractivity contribution >= 4 is 11.6 Å². The minimum atomic E-state index is 0.334. The van der Waals surface area contributed by atoms with Gasteiger partial charge in [-0.3, -0.25) is 0 Å². The summed E-state index contributed by atoms with van der Waals surface area (Å²) in [4.78, 5) is 4.27. The maximum atomic E-state index is 6.06. The lowest BCUT2D eigenvalue weighted by molar-refractivity contribution is 0.295. The van der Waals surface area contributed by atoms with Crippen LogP contribution in [0.15, 0.2) is 36.4 Å². The first kappa shape index (κ1) is 13.6. The van der Waals surface area contributed by atoms with Crippen LogP contribution < -0.4 is 15.2 Å². The summed E-state index contributed by atoms with van der Waals surface area (Å²) in [6.07, 6.45) is 0. The van der Waals surface area contributed by atoms with E-state index in [2.05, 4.69) is 4.98 Å². The Morgan fingerprint density at radius 1 is 1.21 bits per heavy atom. The van der Waals surface area contributed by atoms with Gasteiger partial charge < -0.3 is 15.2 Å². The molecular formula is C14H15ClN2O2. The van der Waals surface area contributed by atoms with Crippen molar-refractivity contribution in [1.29, 1.82) is 0 Å². The first-order valence-corrected chi connectivity index (χ1v) is 6.22. The Hall–Kier alpha value is -1.78. The molecule has 5 heteroatoms. The van der Waals surface area contributed by atoms with E-state index in [-0.39, 0.29) is 0 Å². The quantitative estimate of drug-likeness (QED) is 0.914. The molecule has 0 amide bonds. The van der Waals surface area contributed by atoms with Crippen molar-refractivity contribution in [3.8, 4) is 11.6 Å². The molecule has 0 aliphatic carbocycles. The number of pyridine rings is 1. The second-order valence-electron chi connectivity index (χ2n) is 3.88. The number of hydrogen-bond donors (Lipinski definition) is 1. The molecular weight excluding hydrogens is 264 g/mol. The Kier molecular flexibility index (Phi) is 4.60. The monoisotopic (exact) mass is 278 g/mol. The smallest absolute Gasteiger partial charge is 0.213 e. The molecule has 0 saturated carbocycles. The fourth-order valence-electron chi connectivity index (χ4n) is 1.68. The maximum Gasteiger partial charge on any atom is 0.213 e. The Bertz CT molecular complexity index is 561. The van der Waals surface area contributed by atoms with Crippen molar-refractivity contribution in [2.75, 3.05) is 7.11 Å². The molecule has 0 unspecified atom stereocenters. The van der Waals surface area contributed by atoms with Crippen LogP contribution in [0.3, 0.4) is 0 Å². The Morgan fingerprint density at radius 2 is 2.00 bits per heavy atom. The van der Waals surface area contributed by atoms with Crippen LogP contribution in [0.25, 0.3) is 0 Å². The molecule has 100 valence electrons. The second kappa shape index (κ2) is 6.41. The molecule has 0 atom stereocenters. The van der Waals surface area contributed by atoms with Crippen molar-refractivity contribution in [3.63, 3.8) is 0 Å². The van der Waals surface area contributed by atoms with Gasteiger partial charge in [-0.25, -0.2) is 4.98 Å². The molecule has 0 fully saturated rings. The van der Waals surface area contributed by atoms with Gasteiger partial charge in [0.15, 0.2) is 0 Å². The highest BCUT2D eigenvalue weighted by atomic mass is 35.5. The molecule has 4 nitrogen and oxygen atoms in total. The second-order valence-corrected chi connectivity index (χ2v) is 4.29. The van der Waals surface area contributed by atoms with Gasteiger partial charge in [0.1, 0.15) is 12.4 Å². The van der Waals surface area contributed by atoms with Crippen molar-refractivity contribution in [2.45, 2.75) is 13.2 Å². The number of benzene rings is 1. The number of ether oxygens (including phenoxy) is 2. The van der Waals surface area contributed by atoms with E-state index in [0.717, 1.165) is 11.3 Å². The van der Waals surface area contributed by atoms with Crippen LogP contribution in [0.2, 0.25) is 5.02 Å². The van der Waals surface area contributed by atoms with Crippen LogP contribution in [-0.4, -0.2) is 12.1 Å². The number of halogens is 1. The molecule has 2 rings (SSSR count). The molecule has 0 aliphatic heterocycles. The summed E-state index contributed by atoms with van der Waals surface area (Å²) in [5.41, 5.74) is 7.24. The molecule has 1 aromatic heterocycles. The van der Waals surface area contributed by atoms with E-state index in [1.165, 1.54) is 0 Å². The summed E-state index contributed by atoms with van der Waals surface area (Å²) in [6, 6.07) is 11.0. The molecule has 0 aliphatic rings. The minimum Gasteiger partial charge on any atom is -0.487 e. The van der Waals surface area contributed by atoms with E-state index >= 15 is 0 Å². The van der Waals surface area contributed by atoms with Gasteiger partial charge >= 0.3 is 0 Å². The number of hydrogen-bond acceptors (Lipinski definition) is 4. The Morgan fingerprint density at radius 3 is 2.74 bits per heavy atom. The van der Waals surface area contributed by atoms with Crippen LogP contribution in [0.4, 0.5) is 0 Å². The van der Waals surface area contributed by atoms with Gasteiger partial charge in [0.25, 0.3) is 0 Å². The van der Waals surface area contributed by atoms with Crippen molar-refractivity contribution in [3.05, 3.63) is 52.7 Å². The summed E-state index contributed by atoms with van der Waals surface area (Å²) in [5, 5.41) is 0.610. The van der Waals surface area contributed by atoms with Crippen LogP contribution in [0, 0.1) is 0 Å².